The molecule has 0 atom stereocenters. The molecule has 0 unspecified atom stereocenters. The number of carbonyl (C=O) groups is 1. The number of alkyl halides is 2. The van der Waals surface area contributed by atoms with E-state index in [1.54, 1.807) is 6.92 Å². The smallest absolute Gasteiger partial charge is 0.311 e. The summed E-state index contributed by atoms with van der Waals surface area (Å²) in [4.78, 5) is 14.8. The Morgan fingerprint density at radius 2 is 2.29 bits per heavy atom. The van der Waals surface area contributed by atoms with E-state index >= 15 is 0 Å². The van der Waals surface area contributed by atoms with E-state index in [4.69, 9.17) is 5.73 Å². The maximum absolute atomic E-state index is 12.6. The van der Waals surface area contributed by atoms with Gasteiger partial charge in [0.1, 0.15) is 5.75 Å². The fourth-order valence-corrected chi connectivity index (χ4v) is 1.29. The zero-order chi connectivity index (χ0) is 13.0. The number of rotatable bonds is 4. The highest BCUT2D eigenvalue weighted by Gasteiger charge is 2.21. The van der Waals surface area contributed by atoms with Crippen LogP contribution in [0.15, 0.2) is 6.20 Å². The lowest BCUT2D eigenvalue weighted by atomic mass is 10.1. The second-order valence-corrected chi connectivity index (χ2v) is 3.20. The van der Waals surface area contributed by atoms with Crippen molar-refractivity contribution < 1.29 is 23.4 Å². The second kappa shape index (κ2) is 5.42. The van der Waals surface area contributed by atoms with Gasteiger partial charge in [-0.05, 0) is 6.92 Å². The highest BCUT2D eigenvalue weighted by molar-refractivity contribution is 5.75. The number of hydrogen-bond donors (Lipinski definition) is 2. The highest BCUT2D eigenvalue weighted by atomic mass is 19.3. The van der Waals surface area contributed by atoms with Crippen molar-refractivity contribution in [2.24, 2.45) is 0 Å². The summed E-state index contributed by atoms with van der Waals surface area (Å²) in [6.07, 6.45) is -2.40. The Bertz CT molecular complexity index is 424. The Hall–Kier alpha value is -1.92. The van der Waals surface area contributed by atoms with Gasteiger partial charge < -0.3 is 15.6 Å². The van der Waals surface area contributed by atoms with Crippen molar-refractivity contribution in [2.75, 3.05) is 12.3 Å². The number of esters is 1. The molecule has 7 heteroatoms. The van der Waals surface area contributed by atoms with Crippen LogP contribution in [0.1, 0.15) is 24.6 Å². The van der Waals surface area contributed by atoms with Gasteiger partial charge in [0.05, 0.1) is 36.2 Å². The van der Waals surface area contributed by atoms with Crippen LogP contribution in [-0.4, -0.2) is 22.7 Å². The first-order valence-corrected chi connectivity index (χ1v) is 4.87. The lowest BCUT2D eigenvalue weighted by Crippen LogP contribution is -2.12. The first-order chi connectivity index (χ1) is 7.97. The van der Waals surface area contributed by atoms with Crippen LogP contribution in [0.5, 0.6) is 5.75 Å². The zero-order valence-electron chi connectivity index (χ0n) is 9.11. The fraction of sp³-hybridized carbons (Fsp3) is 0.400. The van der Waals surface area contributed by atoms with Gasteiger partial charge in [-0.2, -0.15) is 0 Å². The highest BCUT2D eigenvalue weighted by Crippen LogP contribution is 2.34. The summed E-state index contributed by atoms with van der Waals surface area (Å²) in [6, 6.07) is 0. The van der Waals surface area contributed by atoms with Gasteiger partial charge in [0.25, 0.3) is 6.43 Å². The molecule has 1 rings (SSSR count). The molecular weight excluding hydrogens is 234 g/mol. The van der Waals surface area contributed by atoms with E-state index in [-0.39, 0.29) is 24.4 Å². The van der Waals surface area contributed by atoms with Crippen molar-refractivity contribution in [1.82, 2.24) is 4.98 Å². The van der Waals surface area contributed by atoms with Gasteiger partial charge in [-0.1, -0.05) is 0 Å². The molecule has 0 saturated carbocycles. The summed E-state index contributed by atoms with van der Waals surface area (Å²) in [5.74, 6) is -1.30. The maximum atomic E-state index is 12.6. The molecule has 3 N–H and O–H groups in total. The van der Waals surface area contributed by atoms with Gasteiger partial charge in [-0.15, -0.1) is 0 Å². The van der Waals surface area contributed by atoms with Crippen LogP contribution in [-0.2, 0) is 16.0 Å². The van der Waals surface area contributed by atoms with E-state index in [0.29, 0.717) is 0 Å². The van der Waals surface area contributed by atoms with Crippen molar-refractivity contribution in [2.45, 2.75) is 19.8 Å². The molecule has 0 fully saturated rings. The lowest BCUT2D eigenvalue weighted by molar-refractivity contribution is -0.142. The molecule has 1 aromatic rings. The monoisotopic (exact) mass is 246 g/mol. The molecule has 0 spiro atoms. The Kier molecular flexibility index (Phi) is 4.19. The molecule has 0 aliphatic carbocycles. The first-order valence-electron chi connectivity index (χ1n) is 4.87. The summed E-state index contributed by atoms with van der Waals surface area (Å²) in [6.45, 7) is 1.80. The number of anilines is 1. The molecule has 0 bridgehead atoms. The third-order valence-electron chi connectivity index (χ3n) is 2.06. The number of aromatic nitrogens is 1. The number of carbonyl (C=O) groups excluding carboxylic acids is 1. The first kappa shape index (κ1) is 13.1. The van der Waals surface area contributed by atoms with E-state index in [1.807, 2.05) is 0 Å². The van der Waals surface area contributed by atoms with Gasteiger partial charge in [0.2, 0.25) is 0 Å². The van der Waals surface area contributed by atoms with Gasteiger partial charge >= 0.3 is 5.97 Å². The molecular formula is C10H12F2N2O3. The predicted molar refractivity (Wildman–Crippen MR) is 55.6 cm³/mol. The van der Waals surface area contributed by atoms with Crippen molar-refractivity contribution in [3.05, 3.63) is 17.5 Å². The Labute approximate surface area is 96.2 Å². The van der Waals surface area contributed by atoms with Crippen LogP contribution in [0, 0.1) is 0 Å². The van der Waals surface area contributed by atoms with Crippen molar-refractivity contribution in [3.8, 4) is 5.75 Å². The molecule has 94 valence electrons. The van der Waals surface area contributed by atoms with Crippen LogP contribution in [0.25, 0.3) is 0 Å². The molecule has 17 heavy (non-hydrogen) atoms. The van der Waals surface area contributed by atoms with Crippen LogP contribution >= 0.6 is 0 Å². The van der Waals surface area contributed by atoms with Crippen molar-refractivity contribution in [1.29, 1.82) is 0 Å². The average Bonchev–Trinajstić information content (AvgIpc) is 2.22. The van der Waals surface area contributed by atoms with Gasteiger partial charge in [0, 0.05) is 0 Å². The second-order valence-electron chi connectivity index (χ2n) is 3.20. The van der Waals surface area contributed by atoms with Gasteiger partial charge in [-0.3, -0.25) is 9.78 Å². The SMILES string of the molecule is CCOC(=O)Cc1ncc(O)c(C(F)F)c1N. The molecule has 0 aromatic carbocycles. The number of nitrogens with two attached hydrogens (primary N) is 1. The standard InChI is InChI=1S/C10H12F2N2O3/c1-2-17-7(16)3-5-9(13)8(10(11)12)6(15)4-14-5/h4,10,15H,2-3,13H2,1H3. The molecule has 0 radical (unpaired) electrons. The number of halogens is 2. The minimum atomic E-state index is -2.93. The Balaban J connectivity index is 3.02. The quantitative estimate of drug-likeness (QED) is 0.784. The van der Waals surface area contributed by atoms with Crippen molar-refractivity contribution in [3.63, 3.8) is 0 Å². The van der Waals surface area contributed by atoms with E-state index in [1.165, 1.54) is 0 Å². The van der Waals surface area contributed by atoms with E-state index in [2.05, 4.69) is 9.72 Å². The average molecular weight is 246 g/mol. The molecule has 5 nitrogen and oxygen atoms in total. The number of pyridine rings is 1. The van der Waals surface area contributed by atoms with Crippen LogP contribution < -0.4 is 5.73 Å². The van der Waals surface area contributed by atoms with Gasteiger partial charge in [-0.25, -0.2) is 8.78 Å². The van der Waals surface area contributed by atoms with Crippen LogP contribution in [0.3, 0.4) is 0 Å². The largest absolute Gasteiger partial charge is 0.506 e. The molecule has 1 heterocycles. The fourth-order valence-electron chi connectivity index (χ4n) is 1.29. The zero-order valence-corrected chi connectivity index (χ0v) is 9.11. The molecule has 0 saturated heterocycles. The molecule has 0 amide bonds. The van der Waals surface area contributed by atoms with E-state index in [9.17, 15) is 18.7 Å². The predicted octanol–water partition coefficient (Wildman–Crippen LogP) is 1.41. The maximum Gasteiger partial charge on any atom is 0.311 e. The Morgan fingerprint density at radius 3 is 2.82 bits per heavy atom. The minimum absolute atomic E-state index is 0.0310. The number of nitrogen functional groups attached to an aromatic ring is 1. The third-order valence-corrected chi connectivity index (χ3v) is 2.06. The number of nitrogens with zero attached hydrogens (tertiary/aromatic N) is 1. The van der Waals surface area contributed by atoms with Crippen LogP contribution in [0.2, 0.25) is 0 Å². The molecule has 1 aromatic heterocycles. The van der Waals surface area contributed by atoms with Crippen molar-refractivity contribution >= 4 is 11.7 Å². The molecule has 0 aliphatic heterocycles. The normalized spacial score (nSPS) is 10.6. The van der Waals surface area contributed by atoms with E-state index in [0.717, 1.165) is 6.20 Å². The van der Waals surface area contributed by atoms with Crippen LogP contribution in [0.4, 0.5) is 14.5 Å². The number of ether oxygens (including phenoxy) is 1. The molecule has 0 aliphatic rings. The summed E-state index contributed by atoms with van der Waals surface area (Å²) < 4.78 is 29.8. The third kappa shape index (κ3) is 3.02. The summed E-state index contributed by atoms with van der Waals surface area (Å²) in [5, 5.41) is 9.19. The lowest BCUT2D eigenvalue weighted by Gasteiger charge is -2.10. The van der Waals surface area contributed by atoms with E-state index < -0.39 is 23.7 Å². The summed E-state index contributed by atoms with van der Waals surface area (Å²) >= 11 is 0. The topological polar surface area (TPSA) is 85.4 Å². The minimum Gasteiger partial charge on any atom is -0.506 e. The summed E-state index contributed by atoms with van der Waals surface area (Å²) in [7, 11) is 0. The number of aromatic hydroxyl groups is 1. The summed E-state index contributed by atoms with van der Waals surface area (Å²) in [5.41, 5.74) is 4.30. The number of hydrogen-bond acceptors (Lipinski definition) is 5. The Morgan fingerprint density at radius 1 is 1.65 bits per heavy atom. The van der Waals surface area contributed by atoms with Gasteiger partial charge in [0.15, 0.2) is 0 Å².